The van der Waals surface area contributed by atoms with Crippen LogP contribution in [0.15, 0.2) is 121 Å². The zero-order valence-corrected chi connectivity index (χ0v) is 27.0. The van der Waals surface area contributed by atoms with Crippen molar-refractivity contribution in [3.63, 3.8) is 0 Å². The van der Waals surface area contributed by atoms with E-state index >= 15 is 0 Å². The molecule has 0 aromatic heterocycles. The summed E-state index contributed by atoms with van der Waals surface area (Å²) in [6.07, 6.45) is 15.6. The zero-order chi connectivity index (χ0) is 30.7. The van der Waals surface area contributed by atoms with Crippen LogP contribution in [0.1, 0.15) is 75.3 Å². The Morgan fingerprint density at radius 1 is 0.283 bits per heavy atom. The Labute approximate surface area is 275 Å². The molecule has 0 fully saturated rings. The number of hydrogen-bond donors (Lipinski definition) is 0. The molecule has 228 valence electrons. The van der Waals surface area contributed by atoms with Gasteiger partial charge in [-0.2, -0.15) is 0 Å². The highest BCUT2D eigenvalue weighted by atomic mass is 14.4. The van der Waals surface area contributed by atoms with E-state index in [1.807, 2.05) is 0 Å². The molecular formula is C46H44. The summed E-state index contributed by atoms with van der Waals surface area (Å²) in [6, 6.07) is 45.6. The van der Waals surface area contributed by atoms with Gasteiger partial charge in [-0.1, -0.05) is 173 Å². The maximum Gasteiger partial charge on any atom is -0.00199 e. The Kier molecular flexibility index (Phi) is 8.28. The van der Waals surface area contributed by atoms with Crippen molar-refractivity contribution in [1.82, 2.24) is 0 Å². The van der Waals surface area contributed by atoms with Gasteiger partial charge >= 0.3 is 0 Å². The fourth-order valence-electron chi connectivity index (χ4n) is 8.51. The fourth-order valence-corrected chi connectivity index (χ4v) is 8.51. The predicted octanol–water partition coefficient (Wildman–Crippen LogP) is 13.5. The highest BCUT2D eigenvalue weighted by Gasteiger charge is 2.32. The van der Waals surface area contributed by atoms with E-state index in [4.69, 9.17) is 0 Å². The van der Waals surface area contributed by atoms with Crippen LogP contribution in [0.5, 0.6) is 0 Å². The highest BCUT2D eigenvalue weighted by molar-refractivity contribution is 6.21. The molecule has 0 N–H and O–H groups in total. The quantitative estimate of drug-likeness (QED) is 0.190. The third kappa shape index (κ3) is 5.28. The van der Waals surface area contributed by atoms with Gasteiger partial charge in [0.05, 0.1) is 0 Å². The van der Waals surface area contributed by atoms with E-state index in [0.717, 1.165) is 12.8 Å². The van der Waals surface area contributed by atoms with Gasteiger partial charge < -0.3 is 0 Å². The predicted molar refractivity (Wildman–Crippen MR) is 198 cm³/mol. The lowest BCUT2D eigenvalue weighted by atomic mass is 9.77. The molecule has 0 saturated carbocycles. The number of rotatable bonds is 3. The first-order valence-electron chi connectivity index (χ1n) is 17.8. The van der Waals surface area contributed by atoms with Gasteiger partial charge in [-0.05, 0) is 103 Å². The maximum absolute atomic E-state index is 2.46. The van der Waals surface area contributed by atoms with Crippen LogP contribution >= 0.6 is 0 Å². The third-order valence-corrected chi connectivity index (χ3v) is 10.6. The van der Waals surface area contributed by atoms with Gasteiger partial charge in [0.1, 0.15) is 0 Å². The average Bonchev–Trinajstić information content (AvgIpc) is 3.45. The van der Waals surface area contributed by atoms with Crippen molar-refractivity contribution in [2.45, 2.75) is 77.0 Å². The normalized spacial score (nSPS) is 15.2. The summed E-state index contributed by atoms with van der Waals surface area (Å²) < 4.78 is 0. The van der Waals surface area contributed by atoms with Gasteiger partial charge in [0.25, 0.3) is 0 Å². The first kappa shape index (κ1) is 29.0. The van der Waals surface area contributed by atoms with E-state index in [-0.39, 0.29) is 0 Å². The average molecular weight is 597 g/mol. The largest absolute Gasteiger partial charge is 0.0622 e. The van der Waals surface area contributed by atoms with E-state index in [1.54, 1.807) is 11.1 Å². The molecule has 0 saturated heterocycles. The van der Waals surface area contributed by atoms with E-state index < -0.39 is 0 Å². The molecule has 0 unspecified atom stereocenters. The van der Waals surface area contributed by atoms with Crippen molar-refractivity contribution < 1.29 is 0 Å². The van der Waals surface area contributed by atoms with Crippen molar-refractivity contribution in [3.8, 4) is 55.6 Å². The zero-order valence-electron chi connectivity index (χ0n) is 27.0. The van der Waals surface area contributed by atoms with E-state index in [1.165, 1.54) is 131 Å². The lowest BCUT2D eigenvalue weighted by molar-refractivity contribution is 0.551. The maximum atomic E-state index is 2.46. The second kappa shape index (κ2) is 13.1. The smallest absolute Gasteiger partial charge is 0.00199 e. The molecule has 2 aliphatic carbocycles. The molecule has 0 nitrogen and oxygen atoms in total. The topological polar surface area (TPSA) is 0 Å². The number of benzene rings is 6. The molecule has 6 aromatic rings. The molecule has 8 rings (SSSR count). The first-order chi connectivity index (χ1) is 22.9. The van der Waals surface area contributed by atoms with Gasteiger partial charge in [0.15, 0.2) is 0 Å². The van der Waals surface area contributed by atoms with Gasteiger partial charge in [0, 0.05) is 0 Å². The minimum Gasteiger partial charge on any atom is -0.0622 e. The Bertz CT molecular complexity index is 1870. The molecule has 0 amide bonds. The molecule has 2 aliphatic rings. The number of hydrogen-bond acceptors (Lipinski definition) is 0. The molecule has 6 aromatic carbocycles. The lowest BCUT2D eigenvalue weighted by Crippen LogP contribution is -2.05. The molecular weight excluding hydrogens is 553 g/mol. The second-order valence-electron chi connectivity index (χ2n) is 13.5. The van der Waals surface area contributed by atoms with Crippen LogP contribution in [0.2, 0.25) is 0 Å². The van der Waals surface area contributed by atoms with Gasteiger partial charge in [-0.25, -0.2) is 0 Å². The Morgan fingerprint density at radius 2 is 0.696 bits per heavy atom. The van der Waals surface area contributed by atoms with Crippen LogP contribution in [-0.2, 0) is 12.8 Å². The monoisotopic (exact) mass is 596 g/mol. The van der Waals surface area contributed by atoms with Crippen molar-refractivity contribution in [2.75, 3.05) is 0 Å². The van der Waals surface area contributed by atoms with Crippen LogP contribution in [0.25, 0.3) is 66.4 Å². The Morgan fingerprint density at radius 3 is 1.20 bits per heavy atom. The summed E-state index contributed by atoms with van der Waals surface area (Å²) in [7, 11) is 0. The van der Waals surface area contributed by atoms with Crippen LogP contribution in [0.3, 0.4) is 0 Å². The minimum atomic E-state index is 1.11. The molecule has 0 heteroatoms. The Balaban J connectivity index is 1.47. The van der Waals surface area contributed by atoms with Crippen molar-refractivity contribution >= 4 is 10.8 Å². The summed E-state index contributed by atoms with van der Waals surface area (Å²) in [5.74, 6) is 0. The molecule has 46 heavy (non-hydrogen) atoms. The molecule has 0 aliphatic heterocycles. The third-order valence-electron chi connectivity index (χ3n) is 10.6. The molecule has 0 atom stereocenters. The molecule has 0 heterocycles. The summed E-state index contributed by atoms with van der Waals surface area (Å²) in [5, 5.41) is 2.83. The minimum absolute atomic E-state index is 1.11. The summed E-state index contributed by atoms with van der Waals surface area (Å²) in [5.41, 5.74) is 17.3. The van der Waals surface area contributed by atoms with E-state index in [9.17, 15) is 0 Å². The molecule has 2 bridgehead atoms. The van der Waals surface area contributed by atoms with Crippen LogP contribution < -0.4 is 0 Å². The van der Waals surface area contributed by atoms with Crippen LogP contribution in [-0.4, -0.2) is 0 Å². The SMILES string of the molecule is c1ccc(-c2c3c4c(c(c2-c2ccccc2)CCCCCCCCCCCC3)-c2ccc(-c3ccccc3)c3cccc-4c23)cc1. The summed E-state index contributed by atoms with van der Waals surface area (Å²) in [6.45, 7) is 0. The van der Waals surface area contributed by atoms with E-state index in [2.05, 4.69) is 121 Å². The summed E-state index contributed by atoms with van der Waals surface area (Å²) >= 11 is 0. The standard InChI is InChI=1S/C46H44/c1-2-4-6-8-19-28-39-43(35-25-16-11-17-26-35)42(34-23-14-10-15-24-34)38(27-18-7-5-3-1)45-40-30-20-29-37-36(33-21-12-9-13-22-33)31-32-41(44(37)40)46(39)45/h9-17,20-26,29-32H,1-8,18-19,27-28H2. The van der Waals surface area contributed by atoms with Gasteiger partial charge in [-0.3, -0.25) is 0 Å². The first-order valence-corrected chi connectivity index (χ1v) is 17.8. The Hall–Kier alpha value is -4.42. The van der Waals surface area contributed by atoms with Crippen LogP contribution in [0, 0.1) is 0 Å². The van der Waals surface area contributed by atoms with Crippen LogP contribution in [0.4, 0.5) is 0 Å². The van der Waals surface area contributed by atoms with Gasteiger partial charge in [-0.15, -0.1) is 0 Å². The molecule has 0 spiro atoms. The lowest BCUT2D eigenvalue weighted by Gasteiger charge is -2.26. The van der Waals surface area contributed by atoms with Crippen molar-refractivity contribution in [1.29, 1.82) is 0 Å². The van der Waals surface area contributed by atoms with Crippen molar-refractivity contribution in [3.05, 3.63) is 132 Å². The molecule has 0 radical (unpaired) electrons. The van der Waals surface area contributed by atoms with Gasteiger partial charge in [0.2, 0.25) is 0 Å². The van der Waals surface area contributed by atoms with Crippen molar-refractivity contribution in [2.24, 2.45) is 0 Å². The van der Waals surface area contributed by atoms with E-state index in [0.29, 0.717) is 0 Å². The highest BCUT2D eigenvalue weighted by Crippen LogP contribution is 2.57. The second-order valence-corrected chi connectivity index (χ2v) is 13.5. The summed E-state index contributed by atoms with van der Waals surface area (Å²) in [4.78, 5) is 0. The fraction of sp³-hybridized carbons (Fsp3) is 0.261.